The smallest absolute Gasteiger partial charge is 0.269 e. The van der Waals surface area contributed by atoms with Crippen molar-refractivity contribution in [3.05, 3.63) is 99.6 Å². The van der Waals surface area contributed by atoms with Gasteiger partial charge in [0.05, 0.1) is 15.5 Å². The van der Waals surface area contributed by atoms with E-state index in [2.05, 4.69) is 4.90 Å². The van der Waals surface area contributed by atoms with Gasteiger partial charge in [-0.25, -0.2) is 8.42 Å². The number of nitrogens with zero attached hydrogens (tertiary/aromatic N) is 3. The van der Waals surface area contributed by atoms with Gasteiger partial charge in [0.15, 0.2) is 0 Å². The molecule has 0 amide bonds. The summed E-state index contributed by atoms with van der Waals surface area (Å²) < 4.78 is 28.8. The molecular weight excluding hydrogens is 462 g/mol. The van der Waals surface area contributed by atoms with Crippen LogP contribution in [0.15, 0.2) is 83.8 Å². The first-order valence-corrected chi connectivity index (χ1v) is 12.5. The number of nitro groups is 1. The van der Waals surface area contributed by atoms with E-state index in [-0.39, 0.29) is 16.6 Å². The minimum absolute atomic E-state index is 0.0756. The Bertz CT molecular complexity index is 1210. The maximum atomic E-state index is 13.6. The lowest BCUT2D eigenvalue weighted by Gasteiger charge is -2.39. The van der Waals surface area contributed by atoms with Gasteiger partial charge in [0, 0.05) is 42.8 Å². The SMILES string of the molecule is O=[N+]([O-])c1cccc(CN2CCC(N(c3ccccc3)S(=O)(=O)c3ccc(Cl)cc3)CC2)c1. The van der Waals surface area contributed by atoms with Crippen molar-refractivity contribution in [2.75, 3.05) is 17.4 Å². The second-order valence-corrected chi connectivity index (χ2v) is 10.3. The van der Waals surface area contributed by atoms with Crippen molar-refractivity contribution in [1.82, 2.24) is 4.90 Å². The van der Waals surface area contributed by atoms with Crippen LogP contribution in [-0.4, -0.2) is 37.4 Å². The molecule has 0 atom stereocenters. The summed E-state index contributed by atoms with van der Waals surface area (Å²) in [4.78, 5) is 13.1. The molecule has 0 saturated carbocycles. The summed E-state index contributed by atoms with van der Waals surface area (Å²) in [7, 11) is -3.78. The molecule has 1 fully saturated rings. The van der Waals surface area contributed by atoms with Crippen molar-refractivity contribution >= 4 is 33.0 Å². The fourth-order valence-corrected chi connectivity index (χ4v) is 6.02. The summed E-state index contributed by atoms with van der Waals surface area (Å²) in [5, 5.41) is 11.5. The lowest BCUT2D eigenvalue weighted by atomic mass is 10.0. The normalized spacial score (nSPS) is 15.3. The van der Waals surface area contributed by atoms with Gasteiger partial charge >= 0.3 is 0 Å². The molecule has 3 aromatic rings. The van der Waals surface area contributed by atoms with Crippen LogP contribution in [-0.2, 0) is 16.6 Å². The van der Waals surface area contributed by atoms with Crippen molar-refractivity contribution < 1.29 is 13.3 Å². The number of likely N-dealkylation sites (tertiary alicyclic amines) is 1. The largest absolute Gasteiger partial charge is 0.299 e. The highest BCUT2D eigenvalue weighted by Crippen LogP contribution is 2.31. The van der Waals surface area contributed by atoms with E-state index < -0.39 is 14.9 Å². The van der Waals surface area contributed by atoms with E-state index in [0.29, 0.717) is 43.2 Å². The molecule has 9 heteroatoms. The van der Waals surface area contributed by atoms with Gasteiger partial charge in [-0.1, -0.05) is 41.9 Å². The molecule has 0 radical (unpaired) electrons. The van der Waals surface area contributed by atoms with Gasteiger partial charge in [0.1, 0.15) is 0 Å². The lowest BCUT2D eigenvalue weighted by Crippen LogP contribution is -2.47. The Morgan fingerprint density at radius 2 is 1.64 bits per heavy atom. The Morgan fingerprint density at radius 3 is 2.27 bits per heavy atom. The number of hydrogen-bond donors (Lipinski definition) is 0. The highest BCUT2D eigenvalue weighted by Gasteiger charge is 2.34. The molecule has 0 unspecified atom stereocenters. The van der Waals surface area contributed by atoms with E-state index >= 15 is 0 Å². The summed E-state index contributed by atoms with van der Waals surface area (Å²) in [5.74, 6) is 0. The molecule has 7 nitrogen and oxygen atoms in total. The van der Waals surface area contributed by atoms with Gasteiger partial charge in [-0.3, -0.25) is 19.3 Å². The summed E-state index contributed by atoms with van der Waals surface area (Å²) in [6, 6.07) is 21.8. The van der Waals surface area contributed by atoms with Crippen LogP contribution in [0.3, 0.4) is 0 Å². The van der Waals surface area contributed by atoms with Gasteiger partial charge in [-0.15, -0.1) is 0 Å². The minimum Gasteiger partial charge on any atom is -0.299 e. The van der Waals surface area contributed by atoms with E-state index in [1.54, 1.807) is 24.3 Å². The molecule has 33 heavy (non-hydrogen) atoms. The summed E-state index contributed by atoms with van der Waals surface area (Å²) in [5.41, 5.74) is 1.58. The summed E-state index contributed by atoms with van der Waals surface area (Å²) in [6.45, 7) is 1.96. The second-order valence-electron chi connectivity index (χ2n) is 8.02. The monoisotopic (exact) mass is 485 g/mol. The zero-order valence-electron chi connectivity index (χ0n) is 17.9. The predicted molar refractivity (Wildman–Crippen MR) is 129 cm³/mol. The van der Waals surface area contributed by atoms with Crippen molar-refractivity contribution in [2.24, 2.45) is 0 Å². The second kappa shape index (κ2) is 9.91. The van der Waals surface area contributed by atoms with Crippen molar-refractivity contribution in [1.29, 1.82) is 0 Å². The standard InChI is InChI=1S/C24H24ClN3O4S/c25-20-9-11-24(12-10-20)33(31,32)27(21-6-2-1-3-7-21)22-13-15-26(16-14-22)18-19-5-4-8-23(17-19)28(29)30/h1-12,17,22H,13-16,18H2. The van der Waals surface area contributed by atoms with Crippen LogP contribution in [0.25, 0.3) is 0 Å². The van der Waals surface area contributed by atoms with Crippen molar-refractivity contribution in [3.63, 3.8) is 0 Å². The molecule has 0 bridgehead atoms. The topological polar surface area (TPSA) is 83.8 Å². The van der Waals surface area contributed by atoms with Crippen LogP contribution in [0, 0.1) is 10.1 Å². The molecule has 3 aromatic carbocycles. The molecular formula is C24H24ClN3O4S. The lowest BCUT2D eigenvalue weighted by molar-refractivity contribution is -0.384. The van der Waals surface area contributed by atoms with Crippen LogP contribution in [0.5, 0.6) is 0 Å². The fraction of sp³-hybridized carbons (Fsp3) is 0.250. The van der Waals surface area contributed by atoms with Gasteiger partial charge in [0.25, 0.3) is 15.7 Å². The number of benzene rings is 3. The number of sulfonamides is 1. The Hall–Kier alpha value is -2.94. The Balaban J connectivity index is 1.53. The molecule has 1 aliphatic heterocycles. The Kier molecular flexibility index (Phi) is 6.97. The summed E-state index contributed by atoms with van der Waals surface area (Å²) in [6.07, 6.45) is 1.30. The number of piperidine rings is 1. The van der Waals surface area contributed by atoms with Crippen molar-refractivity contribution in [2.45, 2.75) is 30.3 Å². The number of rotatable bonds is 7. The molecule has 1 aliphatic rings. The molecule has 0 N–H and O–H groups in total. The number of anilines is 1. The third-order valence-corrected chi connectivity index (χ3v) is 7.94. The van der Waals surface area contributed by atoms with E-state index in [9.17, 15) is 18.5 Å². The van der Waals surface area contributed by atoms with E-state index in [4.69, 9.17) is 11.6 Å². The van der Waals surface area contributed by atoms with E-state index in [0.717, 1.165) is 5.56 Å². The molecule has 0 aromatic heterocycles. The van der Waals surface area contributed by atoms with Gasteiger partial charge in [-0.05, 0) is 54.8 Å². The molecule has 172 valence electrons. The van der Waals surface area contributed by atoms with Crippen LogP contribution >= 0.6 is 11.6 Å². The van der Waals surface area contributed by atoms with Gasteiger partial charge in [-0.2, -0.15) is 0 Å². The first-order valence-electron chi connectivity index (χ1n) is 10.7. The van der Waals surface area contributed by atoms with Gasteiger partial charge in [0.2, 0.25) is 0 Å². The van der Waals surface area contributed by atoms with Crippen LogP contribution in [0.2, 0.25) is 5.02 Å². The average molecular weight is 486 g/mol. The third kappa shape index (κ3) is 5.35. The highest BCUT2D eigenvalue weighted by molar-refractivity contribution is 7.92. The van der Waals surface area contributed by atoms with Crippen LogP contribution in [0.1, 0.15) is 18.4 Å². The highest BCUT2D eigenvalue weighted by atomic mass is 35.5. The number of halogens is 1. The van der Waals surface area contributed by atoms with E-state index in [1.807, 2.05) is 36.4 Å². The van der Waals surface area contributed by atoms with Crippen LogP contribution in [0.4, 0.5) is 11.4 Å². The zero-order valence-corrected chi connectivity index (χ0v) is 19.5. The maximum absolute atomic E-state index is 13.6. The zero-order chi connectivity index (χ0) is 23.4. The first-order chi connectivity index (χ1) is 15.8. The Morgan fingerprint density at radius 1 is 0.970 bits per heavy atom. The van der Waals surface area contributed by atoms with Crippen molar-refractivity contribution in [3.8, 4) is 0 Å². The molecule has 1 heterocycles. The molecule has 4 rings (SSSR count). The molecule has 0 aliphatic carbocycles. The quantitative estimate of drug-likeness (QED) is 0.343. The third-order valence-electron chi connectivity index (χ3n) is 5.80. The fourth-order valence-electron chi connectivity index (χ4n) is 4.18. The molecule has 0 spiro atoms. The minimum atomic E-state index is -3.78. The average Bonchev–Trinajstić information content (AvgIpc) is 2.81. The van der Waals surface area contributed by atoms with Crippen LogP contribution < -0.4 is 4.31 Å². The number of hydrogen-bond acceptors (Lipinski definition) is 5. The maximum Gasteiger partial charge on any atom is 0.269 e. The summed E-state index contributed by atoms with van der Waals surface area (Å²) >= 11 is 5.97. The molecule has 1 saturated heterocycles. The Labute approximate surface area is 198 Å². The number of nitro benzene ring substituents is 1. The number of para-hydroxylation sites is 1. The van der Waals surface area contributed by atoms with E-state index in [1.165, 1.54) is 22.5 Å². The van der Waals surface area contributed by atoms with Gasteiger partial charge < -0.3 is 0 Å². The first kappa shape index (κ1) is 23.2. The predicted octanol–water partition coefficient (Wildman–Crippen LogP) is 5.11. The number of non-ortho nitro benzene ring substituents is 1.